The summed E-state index contributed by atoms with van der Waals surface area (Å²) in [7, 11) is 1.65. The van der Waals surface area contributed by atoms with Gasteiger partial charge in [0.05, 0.1) is 23.9 Å². The molecular formula is C18H17ClN2O2S. The Balaban J connectivity index is 1.85. The van der Waals surface area contributed by atoms with Gasteiger partial charge in [-0.1, -0.05) is 35.9 Å². The molecule has 124 valence electrons. The van der Waals surface area contributed by atoms with E-state index < -0.39 is 5.72 Å². The Bertz CT molecular complexity index is 828. The lowest BCUT2D eigenvalue weighted by molar-refractivity contribution is 0.0464. The number of nitrogens with zero attached hydrogens (tertiary/aromatic N) is 1. The molecule has 4 nitrogen and oxygen atoms in total. The molecule has 4 rings (SSSR count). The number of benzene rings is 2. The molecule has 1 saturated heterocycles. The van der Waals surface area contributed by atoms with E-state index >= 15 is 0 Å². The van der Waals surface area contributed by atoms with E-state index in [4.69, 9.17) is 33.3 Å². The number of para-hydroxylation sites is 2. The van der Waals surface area contributed by atoms with Crippen molar-refractivity contribution >= 4 is 34.6 Å². The second kappa shape index (κ2) is 5.53. The van der Waals surface area contributed by atoms with E-state index in [0.29, 0.717) is 10.1 Å². The zero-order valence-corrected chi connectivity index (χ0v) is 14.9. The van der Waals surface area contributed by atoms with Gasteiger partial charge in [0, 0.05) is 12.0 Å². The number of ether oxygens (including phenoxy) is 2. The van der Waals surface area contributed by atoms with Crippen molar-refractivity contribution in [1.82, 2.24) is 5.32 Å². The minimum Gasteiger partial charge on any atom is -0.493 e. The van der Waals surface area contributed by atoms with Crippen LogP contribution in [0.4, 0.5) is 5.69 Å². The Morgan fingerprint density at radius 1 is 1.29 bits per heavy atom. The molecular weight excluding hydrogens is 344 g/mol. The van der Waals surface area contributed by atoms with E-state index in [9.17, 15) is 0 Å². The van der Waals surface area contributed by atoms with Gasteiger partial charge in [0.25, 0.3) is 0 Å². The highest BCUT2D eigenvalue weighted by Crippen LogP contribution is 2.49. The number of thiocarbonyl (C=S) groups is 1. The summed E-state index contributed by atoms with van der Waals surface area (Å²) in [5.74, 6) is 1.47. The first kappa shape index (κ1) is 15.5. The smallest absolute Gasteiger partial charge is 0.188 e. The van der Waals surface area contributed by atoms with Gasteiger partial charge in [0.2, 0.25) is 0 Å². The molecule has 2 atom stereocenters. The van der Waals surface area contributed by atoms with Crippen molar-refractivity contribution in [3.63, 3.8) is 0 Å². The van der Waals surface area contributed by atoms with Gasteiger partial charge >= 0.3 is 0 Å². The summed E-state index contributed by atoms with van der Waals surface area (Å²) in [6.45, 7) is 2.03. The van der Waals surface area contributed by atoms with Crippen LogP contribution in [0.3, 0.4) is 0 Å². The molecule has 2 aromatic carbocycles. The number of rotatable bonds is 2. The number of hydrogen-bond donors (Lipinski definition) is 1. The van der Waals surface area contributed by atoms with Gasteiger partial charge in [-0.05, 0) is 37.3 Å². The number of methoxy groups -OCH3 is 1. The maximum atomic E-state index is 6.42. The van der Waals surface area contributed by atoms with Crippen LogP contribution in [0.15, 0.2) is 42.5 Å². The molecule has 0 spiro atoms. The Labute approximate surface area is 151 Å². The summed E-state index contributed by atoms with van der Waals surface area (Å²) >= 11 is 12.0. The summed E-state index contributed by atoms with van der Waals surface area (Å²) in [5.41, 5.74) is 1.25. The quantitative estimate of drug-likeness (QED) is 0.808. The lowest BCUT2D eigenvalue weighted by atomic mass is 9.90. The van der Waals surface area contributed by atoms with Crippen molar-refractivity contribution in [2.24, 2.45) is 0 Å². The second-order valence-electron chi connectivity index (χ2n) is 6.15. The first-order chi connectivity index (χ1) is 11.5. The first-order valence-electron chi connectivity index (χ1n) is 7.75. The molecule has 24 heavy (non-hydrogen) atoms. The molecule has 2 unspecified atom stereocenters. The van der Waals surface area contributed by atoms with E-state index in [2.05, 4.69) is 5.32 Å². The van der Waals surface area contributed by atoms with Crippen LogP contribution >= 0.6 is 23.8 Å². The third-order valence-corrected chi connectivity index (χ3v) is 5.20. The number of anilines is 1. The topological polar surface area (TPSA) is 33.7 Å². The summed E-state index contributed by atoms with van der Waals surface area (Å²) in [6, 6.07) is 13.6. The molecule has 0 amide bonds. The van der Waals surface area contributed by atoms with E-state index in [1.165, 1.54) is 0 Å². The van der Waals surface area contributed by atoms with E-state index in [-0.39, 0.29) is 6.04 Å². The first-order valence-corrected chi connectivity index (χ1v) is 8.53. The minimum absolute atomic E-state index is 0.0834. The van der Waals surface area contributed by atoms with Crippen LogP contribution in [0.5, 0.6) is 11.5 Å². The molecule has 0 aromatic heterocycles. The monoisotopic (exact) mass is 360 g/mol. The van der Waals surface area contributed by atoms with Gasteiger partial charge in [-0.2, -0.15) is 0 Å². The van der Waals surface area contributed by atoms with E-state index in [0.717, 1.165) is 29.2 Å². The van der Waals surface area contributed by atoms with Crippen molar-refractivity contribution < 1.29 is 9.47 Å². The molecule has 1 N–H and O–H groups in total. The van der Waals surface area contributed by atoms with Crippen molar-refractivity contribution in [2.75, 3.05) is 12.0 Å². The lowest BCUT2D eigenvalue weighted by Gasteiger charge is -2.52. The molecule has 0 radical (unpaired) electrons. The lowest BCUT2D eigenvalue weighted by Crippen LogP contribution is -2.65. The van der Waals surface area contributed by atoms with E-state index in [1.807, 2.05) is 54.3 Å². The molecule has 2 aromatic rings. The third-order valence-electron chi connectivity index (χ3n) is 4.58. The van der Waals surface area contributed by atoms with Crippen molar-refractivity contribution in [1.29, 1.82) is 0 Å². The van der Waals surface area contributed by atoms with Crippen LogP contribution in [-0.4, -0.2) is 17.9 Å². The van der Waals surface area contributed by atoms with Crippen LogP contribution in [0.2, 0.25) is 5.02 Å². The predicted octanol–water partition coefficient (Wildman–Crippen LogP) is 4.28. The SMILES string of the molecule is COc1cccc2c1OC1(C)CC2NC(=S)N1c1ccccc1Cl. The Morgan fingerprint density at radius 2 is 2.08 bits per heavy atom. The normalized spacial score (nSPS) is 24.7. The van der Waals surface area contributed by atoms with Gasteiger partial charge in [0.15, 0.2) is 22.3 Å². The summed E-state index contributed by atoms with van der Waals surface area (Å²) in [6.07, 6.45) is 0.749. The number of halogens is 1. The van der Waals surface area contributed by atoms with Gasteiger partial charge < -0.3 is 14.8 Å². The summed E-state index contributed by atoms with van der Waals surface area (Å²) in [4.78, 5) is 1.95. The zero-order chi connectivity index (χ0) is 16.9. The van der Waals surface area contributed by atoms with E-state index in [1.54, 1.807) is 7.11 Å². The minimum atomic E-state index is -0.639. The molecule has 0 aliphatic carbocycles. The number of fused-ring (bicyclic) bond motifs is 4. The number of nitrogens with one attached hydrogen (secondary N) is 1. The summed E-state index contributed by atoms with van der Waals surface area (Å²) in [5, 5.41) is 4.66. The van der Waals surface area contributed by atoms with Gasteiger partial charge in [-0.25, -0.2) is 0 Å². The molecule has 2 bridgehead atoms. The largest absolute Gasteiger partial charge is 0.493 e. The fraction of sp³-hybridized carbons (Fsp3) is 0.278. The highest BCUT2D eigenvalue weighted by molar-refractivity contribution is 7.80. The average molecular weight is 361 g/mol. The Hall–Kier alpha value is -1.98. The second-order valence-corrected chi connectivity index (χ2v) is 6.94. The average Bonchev–Trinajstić information content (AvgIpc) is 2.55. The Kier molecular flexibility index (Phi) is 3.58. The standard InChI is InChI=1S/C18H17ClN2O2S/c1-18-10-13(11-6-5-9-15(22-2)16(11)23-18)20-17(24)21(18)14-8-4-3-7-12(14)19/h3-9,13H,10H2,1-2H3,(H,20,24). The fourth-order valence-corrected chi connectivity index (χ4v) is 4.17. The van der Waals surface area contributed by atoms with Gasteiger partial charge in [-0.3, -0.25) is 4.90 Å². The summed E-state index contributed by atoms with van der Waals surface area (Å²) < 4.78 is 11.9. The van der Waals surface area contributed by atoms with Crippen molar-refractivity contribution in [3.8, 4) is 11.5 Å². The third kappa shape index (κ3) is 2.23. The molecule has 6 heteroatoms. The molecule has 2 heterocycles. The van der Waals surface area contributed by atoms with Gasteiger partial charge in [-0.15, -0.1) is 0 Å². The van der Waals surface area contributed by atoms with Crippen LogP contribution in [0, 0.1) is 0 Å². The highest BCUT2D eigenvalue weighted by Gasteiger charge is 2.49. The van der Waals surface area contributed by atoms with Crippen molar-refractivity contribution in [3.05, 3.63) is 53.1 Å². The molecule has 2 aliphatic rings. The van der Waals surface area contributed by atoms with Crippen LogP contribution in [0.1, 0.15) is 24.9 Å². The maximum absolute atomic E-state index is 6.42. The van der Waals surface area contributed by atoms with Crippen LogP contribution in [0.25, 0.3) is 0 Å². The van der Waals surface area contributed by atoms with Crippen molar-refractivity contribution in [2.45, 2.75) is 25.1 Å². The highest BCUT2D eigenvalue weighted by atomic mass is 35.5. The maximum Gasteiger partial charge on any atom is 0.188 e. The molecule has 1 fully saturated rings. The molecule has 2 aliphatic heterocycles. The molecule has 0 saturated carbocycles. The van der Waals surface area contributed by atoms with Crippen LogP contribution < -0.4 is 19.7 Å². The Morgan fingerprint density at radius 3 is 2.83 bits per heavy atom. The number of hydrogen-bond acceptors (Lipinski definition) is 3. The van der Waals surface area contributed by atoms with Crippen LogP contribution in [-0.2, 0) is 0 Å². The predicted molar refractivity (Wildman–Crippen MR) is 99.0 cm³/mol. The zero-order valence-electron chi connectivity index (χ0n) is 13.4. The van der Waals surface area contributed by atoms with Gasteiger partial charge in [0.1, 0.15) is 0 Å². The fourth-order valence-electron chi connectivity index (χ4n) is 3.52.